The number of esters is 2. The largest absolute Gasteiger partial charge is 0.459 e. The van der Waals surface area contributed by atoms with E-state index < -0.39 is 23.1 Å². The number of nitrogens with one attached hydrogen (secondary N) is 2. The maximum absolute atomic E-state index is 11.7. The SMILES string of the molecule is CC.CC(C)(C)OC(=O)CNC(=O)CCCSSCCCC(=O)NCC(=O)OC(C)(C)C. The molecule has 0 aromatic carbocycles. The van der Waals surface area contributed by atoms with Crippen LogP contribution in [0.15, 0.2) is 0 Å². The fourth-order valence-electron chi connectivity index (χ4n) is 1.97. The van der Waals surface area contributed by atoms with E-state index in [2.05, 4.69) is 10.6 Å². The van der Waals surface area contributed by atoms with Crippen LogP contribution in [0.5, 0.6) is 0 Å². The van der Waals surface area contributed by atoms with Gasteiger partial charge in [-0.1, -0.05) is 35.4 Å². The van der Waals surface area contributed by atoms with Crippen molar-refractivity contribution in [2.24, 2.45) is 0 Å². The fraction of sp³-hybridized carbons (Fsp3) is 0.818. The van der Waals surface area contributed by atoms with Crippen molar-refractivity contribution in [3.63, 3.8) is 0 Å². The van der Waals surface area contributed by atoms with Gasteiger partial charge >= 0.3 is 11.9 Å². The predicted octanol–water partition coefficient (Wildman–Crippen LogP) is 3.87. The van der Waals surface area contributed by atoms with Crippen LogP contribution in [-0.2, 0) is 28.7 Å². The Morgan fingerprint density at radius 2 is 0.969 bits per heavy atom. The molecule has 0 saturated heterocycles. The molecule has 0 bridgehead atoms. The Bertz CT molecular complexity index is 522. The van der Waals surface area contributed by atoms with Crippen molar-refractivity contribution in [3.05, 3.63) is 0 Å². The number of rotatable bonds is 13. The third kappa shape index (κ3) is 24.8. The quantitative estimate of drug-likeness (QED) is 0.225. The van der Waals surface area contributed by atoms with Crippen LogP contribution in [0.4, 0.5) is 0 Å². The third-order valence-corrected chi connectivity index (χ3v) is 5.62. The van der Waals surface area contributed by atoms with E-state index in [1.54, 1.807) is 63.1 Å². The standard InChI is InChI=1S/C20H36N2O6S2.C2H6/c1-19(2,3)27-17(25)13-21-15(23)9-7-11-29-30-12-8-10-16(24)22-14-18(26)28-20(4,5)6;1-2/h7-14H2,1-6H3,(H,21,23)(H,22,24);1-2H3. The van der Waals surface area contributed by atoms with E-state index in [1.807, 2.05) is 13.8 Å². The monoisotopic (exact) mass is 494 g/mol. The van der Waals surface area contributed by atoms with E-state index in [9.17, 15) is 19.2 Å². The van der Waals surface area contributed by atoms with E-state index in [0.717, 1.165) is 11.5 Å². The molecular formula is C22H42N2O6S2. The number of hydrogen-bond acceptors (Lipinski definition) is 8. The molecule has 0 aromatic rings. The lowest BCUT2D eigenvalue weighted by atomic mass is 10.2. The van der Waals surface area contributed by atoms with Crippen molar-refractivity contribution >= 4 is 45.3 Å². The number of ether oxygens (including phenoxy) is 2. The van der Waals surface area contributed by atoms with Gasteiger partial charge in [-0.2, -0.15) is 0 Å². The minimum absolute atomic E-state index is 0.117. The number of amides is 2. The zero-order valence-corrected chi connectivity index (χ0v) is 22.6. The summed E-state index contributed by atoms with van der Waals surface area (Å²) >= 11 is 0. The van der Waals surface area contributed by atoms with E-state index in [-0.39, 0.29) is 24.9 Å². The Labute approximate surface area is 201 Å². The predicted molar refractivity (Wildman–Crippen MR) is 132 cm³/mol. The van der Waals surface area contributed by atoms with Gasteiger partial charge in [-0.05, 0) is 54.4 Å². The number of carbonyl (C=O) groups excluding carboxylic acids is 4. The van der Waals surface area contributed by atoms with E-state index in [1.165, 1.54) is 0 Å². The molecule has 188 valence electrons. The van der Waals surface area contributed by atoms with E-state index >= 15 is 0 Å². The molecule has 0 fully saturated rings. The average molecular weight is 495 g/mol. The highest BCUT2D eigenvalue weighted by molar-refractivity contribution is 8.76. The minimum Gasteiger partial charge on any atom is -0.459 e. The van der Waals surface area contributed by atoms with Crippen LogP contribution in [-0.4, -0.2) is 59.6 Å². The van der Waals surface area contributed by atoms with Crippen molar-refractivity contribution in [1.82, 2.24) is 10.6 Å². The molecule has 2 N–H and O–H groups in total. The lowest BCUT2D eigenvalue weighted by Gasteiger charge is -2.19. The van der Waals surface area contributed by atoms with Crippen LogP contribution in [0.2, 0.25) is 0 Å². The first-order valence-corrected chi connectivity index (χ1v) is 13.5. The molecule has 0 radical (unpaired) electrons. The zero-order chi connectivity index (χ0) is 25.2. The highest BCUT2D eigenvalue weighted by Crippen LogP contribution is 2.23. The molecule has 0 unspecified atom stereocenters. The summed E-state index contributed by atoms with van der Waals surface area (Å²) in [6.45, 7) is 14.4. The zero-order valence-electron chi connectivity index (χ0n) is 20.9. The lowest BCUT2D eigenvalue weighted by molar-refractivity contribution is -0.155. The normalized spacial score (nSPS) is 11.0. The van der Waals surface area contributed by atoms with Gasteiger partial charge in [0.05, 0.1) is 0 Å². The molecule has 8 nitrogen and oxygen atoms in total. The van der Waals surface area contributed by atoms with Gasteiger partial charge in [0.25, 0.3) is 0 Å². The van der Waals surface area contributed by atoms with Crippen molar-refractivity contribution < 1.29 is 28.7 Å². The molecule has 32 heavy (non-hydrogen) atoms. The number of hydrogen-bond donors (Lipinski definition) is 2. The lowest BCUT2D eigenvalue weighted by Crippen LogP contribution is -2.34. The van der Waals surface area contributed by atoms with Gasteiger partial charge in [-0.25, -0.2) is 0 Å². The molecular weight excluding hydrogens is 452 g/mol. The summed E-state index contributed by atoms with van der Waals surface area (Å²) in [5, 5.41) is 5.11. The first kappa shape index (κ1) is 32.8. The Balaban J connectivity index is 0. The third-order valence-electron chi connectivity index (χ3n) is 3.05. The summed E-state index contributed by atoms with van der Waals surface area (Å²) in [6, 6.07) is 0. The van der Waals surface area contributed by atoms with Gasteiger partial charge in [0.15, 0.2) is 0 Å². The molecule has 2 amide bonds. The molecule has 0 spiro atoms. The Kier molecular flexibility index (Phi) is 18.5. The second-order valence-corrected chi connectivity index (χ2v) is 11.3. The molecule has 0 atom stereocenters. The molecule has 0 aliphatic rings. The van der Waals surface area contributed by atoms with Crippen LogP contribution in [0.1, 0.15) is 81.1 Å². The minimum atomic E-state index is -0.561. The molecule has 0 saturated carbocycles. The highest BCUT2D eigenvalue weighted by Gasteiger charge is 2.17. The van der Waals surface area contributed by atoms with Gasteiger partial charge in [-0.15, -0.1) is 0 Å². The summed E-state index contributed by atoms with van der Waals surface area (Å²) in [7, 11) is 3.29. The fourth-order valence-corrected chi connectivity index (χ4v) is 4.15. The smallest absolute Gasteiger partial charge is 0.325 e. The molecule has 0 rings (SSSR count). The van der Waals surface area contributed by atoms with Gasteiger partial charge in [-0.3, -0.25) is 19.2 Å². The van der Waals surface area contributed by atoms with Crippen LogP contribution in [0.25, 0.3) is 0 Å². The van der Waals surface area contributed by atoms with Crippen molar-refractivity contribution in [2.45, 2.75) is 92.3 Å². The van der Waals surface area contributed by atoms with Gasteiger partial charge in [0.2, 0.25) is 11.8 Å². The van der Waals surface area contributed by atoms with Crippen LogP contribution in [0.3, 0.4) is 0 Å². The number of carbonyl (C=O) groups is 4. The Morgan fingerprint density at radius 1 is 0.656 bits per heavy atom. The summed E-state index contributed by atoms with van der Waals surface area (Å²) in [6.07, 6.45) is 2.11. The van der Waals surface area contributed by atoms with Gasteiger partial charge in [0, 0.05) is 24.3 Å². The first-order chi connectivity index (χ1) is 14.8. The maximum atomic E-state index is 11.7. The molecule has 10 heteroatoms. The molecule has 0 aliphatic carbocycles. The maximum Gasteiger partial charge on any atom is 0.325 e. The second-order valence-electron chi connectivity index (χ2n) is 8.58. The van der Waals surface area contributed by atoms with Crippen molar-refractivity contribution in [1.29, 1.82) is 0 Å². The molecule has 0 aliphatic heterocycles. The van der Waals surface area contributed by atoms with Crippen molar-refractivity contribution in [3.8, 4) is 0 Å². The second kappa shape index (κ2) is 18.1. The van der Waals surface area contributed by atoms with Crippen LogP contribution in [0, 0.1) is 0 Å². The first-order valence-electron chi connectivity index (χ1n) is 11.0. The van der Waals surface area contributed by atoms with E-state index in [0.29, 0.717) is 25.7 Å². The Hall–Kier alpha value is -1.42. The van der Waals surface area contributed by atoms with Gasteiger partial charge in [0.1, 0.15) is 24.3 Å². The van der Waals surface area contributed by atoms with Gasteiger partial charge < -0.3 is 20.1 Å². The summed E-state index contributed by atoms with van der Waals surface area (Å²) < 4.78 is 10.2. The topological polar surface area (TPSA) is 111 Å². The van der Waals surface area contributed by atoms with Crippen molar-refractivity contribution in [2.75, 3.05) is 24.6 Å². The molecule has 0 heterocycles. The summed E-state index contributed by atoms with van der Waals surface area (Å²) in [5.74, 6) is 0.359. The highest BCUT2D eigenvalue weighted by atomic mass is 33.1. The summed E-state index contributed by atoms with van der Waals surface area (Å²) in [4.78, 5) is 46.4. The van der Waals surface area contributed by atoms with Crippen LogP contribution < -0.4 is 10.6 Å². The summed E-state index contributed by atoms with van der Waals surface area (Å²) in [5.41, 5.74) is -1.12. The van der Waals surface area contributed by atoms with Crippen LogP contribution >= 0.6 is 21.6 Å². The van der Waals surface area contributed by atoms with E-state index in [4.69, 9.17) is 9.47 Å². The molecule has 0 aromatic heterocycles. The Morgan fingerprint density at radius 3 is 1.25 bits per heavy atom. The average Bonchev–Trinajstić information content (AvgIpc) is 2.65.